The van der Waals surface area contributed by atoms with Crippen molar-refractivity contribution in [3.8, 4) is 0 Å². The first-order valence-electron chi connectivity index (χ1n) is 7.02. The molecule has 5 heteroatoms. The zero-order valence-electron chi connectivity index (χ0n) is 11.4. The maximum Gasteiger partial charge on any atom is 2.00 e. The third-order valence-corrected chi connectivity index (χ3v) is 3.01. The van der Waals surface area contributed by atoms with E-state index in [0.29, 0.717) is 0 Å². The Bertz CT molecular complexity index is 207. The number of aliphatic carboxylic acids is 2. The molecule has 115 valence electrons. The summed E-state index contributed by atoms with van der Waals surface area (Å²) in [5.74, 6) is -1.90. The summed E-state index contributed by atoms with van der Waals surface area (Å²) in [4.78, 5) is 20.3. The molecule has 1 radical (unpaired) electrons. The molecule has 0 aromatic carbocycles. The van der Waals surface area contributed by atoms with Crippen molar-refractivity contribution >= 4 is 11.9 Å². The zero-order valence-corrected chi connectivity index (χ0v) is 12.9. The average molecular weight is 364 g/mol. The van der Waals surface area contributed by atoms with Crippen LogP contribution in [0.2, 0.25) is 0 Å². The average Bonchev–Trinajstić information content (AvgIpc) is 2.29. The SMILES string of the molecule is O=C([O-])CCCCCCCCCCCCC(=O)[O-].[Ag+2]. The number of carboxylic acid groups (broad SMARTS) is 2. The fraction of sp³-hybridized carbons (Fsp3) is 0.857. The second kappa shape index (κ2) is 15.7. The molecule has 0 spiro atoms. The third kappa shape index (κ3) is 20.2. The van der Waals surface area contributed by atoms with Gasteiger partial charge in [-0.2, -0.15) is 0 Å². The monoisotopic (exact) mass is 363 g/mol. The minimum atomic E-state index is -0.952. The van der Waals surface area contributed by atoms with E-state index in [1.54, 1.807) is 0 Å². The van der Waals surface area contributed by atoms with E-state index in [-0.39, 0.29) is 35.2 Å². The van der Waals surface area contributed by atoms with Crippen molar-refractivity contribution in [2.75, 3.05) is 0 Å². The van der Waals surface area contributed by atoms with Gasteiger partial charge < -0.3 is 19.8 Å². The molecule has 0 aliphatic rings. The quantitative estimate of drug-likeness (QED) is 0.363. The fourth-order valence-corrected chi connectivity index (χ4v) is 1.95. The Labute approximate surface area is 131 Å². The molecule has 0 aromatic heterocycles. The topological polar surface area (TPSA) is 80.3 Å². The van der Waals surface area contributed by atoms with E-state index < -0.39 is 11.9 Å². The molecule has 0 aromatic rings. The first-order valence-corrected chi connectivity index (χ1v) is 7.02. The van der Waals surface area contributed by atoms with Gasteiger partial charge in [0.15, 0.2) is 0 Å². The smallest absolute Gasteiger partial charge is 0.550 e. The van der Waals surface area contributed by atoms with E-state index in [4.69, 9.17) is 0 Å². The van der Waals surface area contributed by atoms with E-state index >= 15 is 0 Å². The largest absolute Gasteiger partial charge is 2.00 e. The first kappa shape index (κ1) is 21.0. The third-order valence-electron chi connectivity index (χ3n) is 3.01. The number of unbranched alkanes of at least 4 members (excludes halogenated alkanes) is 9. The molecule has 0 bridgehead atoms. The van der Waals surface area contributed by atoms with Crippen LogP contribution in [0.5, 0.6) is 0 Å². The van der Waals surface area contributed by atoms with Crippen LogP contribution in [0.25, 0.3) is 0 Å². The zero-order chi connectivity index (χ0) is 13.6. The van der Waals surface area contributed by atoms with Crippen LogP contribution in [0.3, 0.4) is 0 Å². The Balaban J connectivity index is 0. The summed E-state index contributed by atoms with van der Waals surface area (Å²) in [6.45, 7) is 0. The van der Waals surface area contributed by atoms with Gasteiger partial charge in [-0.1, -0.05) is 51.4 Å². The molecular formula is C14H24AgO4. The second-order valence-corrected chi connectivity index (χ2v) is 4.78. The molecule has 0 aliphatic carbocycles. The van der Waals surface area contributed by atoms with Gasteiger partial charge in [0.05, 0.1) is 0 Å². The fourth-order valence-electron chi connectivity index (χ4n) is 1.95. The molecule has 0 atom stereocenters. The number of carbonyl (C=O) groups excluding carboxylic acids is 2. The number of hydrogen-bond donors (Lipinski definition) is 0. The van der Waals surface area contributed by atoms with E-state index in [2.05, 4.69) is 0 Å². The van der Waals surface area contributed by atoms with E-state index in [0.717, 1.165) is 51.4 Å². The van der Waals surface area contributed by atoms with E-state index in [1.807, 2.05) is 0 Å². The van der Waals surface area contributed by atoms with Crippen molar-refractivity contribution < 1.29 is 42.2 Å². The minimum Gasteiger partial charge on any atom is -0.550 e. The summed E-state index contributed by atoms with van der Waals surface area (Å²) >= 11 is 0. The Morgan fingerprint density at radius 2 is 0.737 bits per heavy atom. The van der Waals surface area contributed by atoms with Crippen molar-refractivity contribution in [1.29, 1.82) is 0 Å². The van der Waals surface area contributed by atoms with Gasteiger partial charge in [0.25, 0.3) is 0 Å². The van der Waals surface area contributed by atoms with Gasteiger partial charge in [0, 0.05) is 11.9 Å². The Hall–Kier alpha value is -0.320. The number of carbonyl (C=O) groups is 2. The summed E-state index contributed by atoms with van der Waals surface area (Å²) < 4.78 is 0. The number of hydrogen-bond acceptors (Lipinski definition) is 4. The predicted octanol–water partition coefficient (Wildman–Crippen LogP) is 1.16. The standard InChI is InChI=1S/C14H26O4.Ag/c15-13(16)11-9-7-5-3-1-2-4-6-8-10-12-14(17)18;/h1-12H2,(H,15,16)(H,17,18);/q;+2/p-2. The molecule has 0 N–H and O–H groups in total. The van der Waals surface area contributed by atoms with Gasteiger partial charge in [0.1, 0.15) is 0 Å². The molecule has 19 heavy (non-hydrogen) atoms. The van der Waals surface area contributed by atoms with Crippen LogP contribution in [-0.2, 0) is 32.0 Å². The molecule has 0 saturated carbocycles. The molecular weight excluding hydrogens is 340 g/mol. The molecule has 4 nitrogen and oxygen atoms in total. The number of rotatable bonds is 13. The Morgan fingerprint density at radius 1 is 0.526 bits per heavy atom. The molecule has 0 rings (SSSR count). The molecule has 0 unspecified atom stereocenters. The van der Waals surface area contributed by atoms with Crippen LogP contribution >= 0.6 is 0 Å². The molecule has 0 saturated heterocycles. The van der Waals surface area contributed by atoms with Crippen LogP contribution in [0.1, 0.15) is 77.0 Å². The Kier molecular flexibility index (Phi) is 17.4. The molecule has 0 aliphatic heterocycles. The van der Waals surface area contributed by atoms with Crippen molar-refractivity contribution in [3.05, 3.63) is 0 Å². The van der Waals surface area contributed by atoms with Crippen LogP contribution in [0, 0.1) is 0 Å². The van der Waals surface area contributed by atoms with Gasteiger partial charge in [-0.15, -0.1) is 0 Å². The van der Waals surface area contributed by atoms with Gasteiger partial charge in [-0.3, -0.25) is 0 Å². The first-order chi connectivity index (χ1) is 8.63. The van der Waals surface area contributed by atoms with Crippen molar-refractivity contribution in [2.45, 2.75) is 77.0 Å². The molecule has 0 heterocycles. The van der Waals surface area contributed by atoms with Crippen molar-refractivity contribution in [3.63, 3.8) is 0 Å². The summed E-state index contributed by atoms with van der Waals surface area (Å²) in [6.07, 6.45) is 10.6. The Morgan fingerprint density at radius 3 is 0.947 bits per heavy atom. The van der Waals surface area contributed by atoms with E-state index in [1.165, 1.54) is 12.8 Å². The van der Waals surface area contributed by atoms with Gasteiger partial charge in [0.2, 0.25) is 0 Å². The second-order valence-electron chi connectivity index (χ2n) is 4.78. The van der Waals surface area contributed by atoms with Crippen LogP contribution in [-0.4, -0.2) is 11.9 Å². The van der Waals surface area contributed by atoms with E-state index in [9.17, 15) is 19.8 Å². The molecule has 0 amide bonds. The summed E-state index contributed by atoms with van der Waals surface area (Å²) in [5, 5.41) is 20.3. The van der Waals surface area contributed by atoms with Crippen LogP contribution in [0.15, 0.2) is 0 Å². The summed E-state index contributed by atoms with van der Waals surface area (Å²) in [7, 11) is 0. The minimum absolute atomic E-state index is 0. The van der Waals surface area contributed by atoms with Gasteiger partial charge in [-0.25, -0.2) is 0 Å². The van der Waals surface area contributed by atoms with Crippen molar-refractivity contribution in [1.82, 2.24) is 0 Å². The van der Waals surface area contributed by atoms with Gasteiger partial charge in [-0.05, 0) is 25.7 Å². The van der Waals surface area contributed by atoms with Crippen LogP contribution in [0.4, 0.5) is 0 Å². The summed E-state index contributed by atoms with van der Waals surface area (Å²) in [5.41, 5.74) is 0. The summed E-state index contributed by atoms with van der Waals surface area (Å²) in [6, 6.07) is 0. The normalized spacial score (nSPS) is 9.89. The number of carboxylic acids is 2. The maximum absolute atomic E-state index is 10.2. The predicted molar refractivity (Wildman–Crippen MR) is 65.4 cm³/mol. The molecule has 0 fully saturated rings. The van der Waals surface area contributed by atoms with Crippen molar-refractivity contribution in [2.24, 2.45) is 0 Å². The maximum atomic E-state index is 10.2. The van der Waals surface area contributed by atoms with Gasteiger partial charge >= 0.3 is 22.4 Å². The van der Waals surface area contributed by atoms with Crippen LogP contribution < -0.4 is 10.2 Å².